The molecule has 0 aliphatic heterocycles. The molecule has 3 heteroatoms. The lowest BCUT2D eigenvalue weighted by atomic mass is 10.2. The van der Waals surface area contributed by atoms with Gasteiger partial charge in [-0.1, -0.05) is 6.07 Å². The Labute approximate surface area is 82.1 Å². The quantitative estimate of drug-likeness (QED) is 0.752. The van der Waals surface area contributed by atoms with Gasteiger partial charge in [0.2, 0.25) is 0 Å². The maximum Gasteiger partial charge on any atom is 0.132 e. The van der Waals surface area contributed by atoms with Crippen LogP contribution in [0.25, 0.3) is 10.9 Å². The topological polar surface area (TPSA) is 27.8 Å². The van der Waals surface area contributed by atoms with Crippen molar-refractivity contribution in [3.8, 4) is 0 Å². The second kappa shape index (κ2) is 3.42. The van der Waals surface area contributed by atoms with Crippen molar-refractivity contribution in [3.05, 3.63) is 35.8 Å². The Hall–Kier alpha value is -1.35. The normalized spacial score (nSPS) is 13.4. The molecular weight excluding hydrogens is 179 g/mol. The van der Waals surface area contributed by atoms with Gasteiger partial charge in [-0.2, -0.15) is 0 Å². The first-order valence-corrected chi connectivity index (χ1v) is 4.67. The molecule has 0 fully saturated rings. The van der Waals surface area contributed by atoms with Gasteiger partial charge >= 0.3 is 0 Å². The van der Waals surface area contributed by atoms with Crippen LogP contribution in [0.3, 0.4) is 0 Å². The van der Waals surface area contributed by atoms with Gasteiger partial charge < -0.3 is 10.3 Å². The SMILES string of the molecule is CNC(C)c1cc2c(F)cccc2[nH]1. The molecule has 0 radical (unpaired) electrons. The molecule has 1 heterocycles. The fourth-order valence-corrected chi connectivity index (χ4v) is 1.53. The highest BCUT2D eigenvalue weighted by Crippen LogP contribution is 2.21. The lowest BCUT2D eigenvalue weighted by molar-refractivity contribution is 0.635. The van der Waals surface area contributed by atoms with E-state index in [4.69, 9.17) is 0 Å². The molecule has 1 aromatic carbocycles. The summed E-state index contributed by atoms with van der Waals surface area (Å²) < 4.78 is 13.3. The Kier molecular flexibility index (Phi) is 2.25. The van der Waals surface area contributed by atoms with Gasteiger partial charge in [0.25, 0.3) is 0 Å². The molecule has 0 spiro atoms. The van der Waals surface area contributed by atoms with Gasteiger partial charge in [0, 0.05) is 22.6 Å². The maximum atomic E-state index is 13.3. The van der Waals surface area contributed by atoms with Crippen LogP contribution in [-0.4, -0.2) is 12.0 Å². The summed E-state index contributed by atoms with van der Waals surface area (Å²) in [5, 5.41) is 3.76. The van der Waals surface area contributed by atoms with Crippen LogP contribution < -0.4 is 5.32 Å². The largest absolute Gasteiger partial charge is 0.357 e. The third kappa shape index (κ3) is 1.40. The van der Waals surface area contributed by atoms with E-state index in [0.29, 0.717) is 5.39 Å². The lowest BCUT2D eigenvalue weighted by Gasteiger charge is -2.05. The van der Waals surface area contributed by atoms with E-state index < -0.39 is 0 Å². The van der Waals surface area contributed by atoms with Gasteiger partial charge in [-0.05, 0) is 32.2 Å². The zero-order valence-electron chi connectivity index (χ0n) is 8.26. The van der Waals surface area contributed by atoms with Gasteiger partial charge in [-0.15, -0.1) is 0 Å². The zero-order valence-corrected chi connectivity index (χ0v) is 8.26. The van der Waals surface area contributed by atoms with Crippen LogP contribution in [0.15, 0.2) is 24.3 Å². The second-order valence-corrected chi connectivity index (χ2v) is 3.44. The van der Waals surface area contributed by atoms with Gasteiger partial charge in [-0.25, -0.2) is 4.39 Å². The number of rotatable bonds is 2. The van der Waals surface area contributed by atoms with Crippen LogP contribution in [0.5, 0.6) is 0 Å². The molecular formula is C11H13FN2. The number of nitrogens with one attached hydrogen (secondary N) is 2. The van der Waals surface area contributed by atoms with E-state index in [1.165, 1.54) is 6.07 Å². The molecule has 2 rings (SSSR count). The average Bonchev–Trinajstić information content (AvgIpc) is 2.62. The number of fused-ring (bicyclic) bond motifs is 1. The minimum Gasteiger partial charge on any atom is -0.357 e. The van der Waals surface area contributed by atoms with Crippen molar-refractivity contribution in [2.75, 3.05) is 7.05 Å². The molecule has 0 aliphatic rings. The van der Waals surface area contributed by atoms with Crippen LogP contribution in [0.2, 0.25) is 0 Å². The highest BCUT2D eigenvalue weighted by Gasteiger charge is 2.08. The Balaban J connectivity index is 2.56. The van der Waals surface area contributed by atoms with Crippen molar-refractivity contribution in [1.29, 1.82) is 0 Å². The van der Waals surface area contributed by atoms with Crippen LogP contribution in [-0.2, 0) is 0 Å². The van der Waals surface area contributed by atoms with Crippen molar-refractivity contribution in [1.82, 2.24) is 10.3 Å². The number of H-pyrrole nitrogens is 1. The van der Waals surface area contributed by atoms with Crippen molar-refractivity contribution < 1.29 is 4.39 Å². The predicted octanol–water partition coefficient (Wildman–Crippen LogP) is 2.59. The minimum absolute atomic E-state index is 0.173. The van der Waals surface area contributed by atoms with Gasteiger partial charge in [0.05, 0.1) is 0 Å². The molecule has 14 heavy (non-hydrogen) atoms. The first kappa shape index (κ1) is 9.21. The molecule has 0 amide bonds. The molecule has 0 saturated carbocycles. The molecule has 0 saturated heterocycles. The Morgan fingerprint density at radius 3 is 2.86 bits per heavy atom. The summed E-state index contributed by atoms with van der Waals surface area (Å²) in [6.45, 7) is 2.03. The van der Waals surface area contributed by atoms with Crippen molar-refractivity contribution in [3.63, 3.8) is 0 Å². The summed E-state index contributed by atoms with van der Waals surface area (Å²) in [5.74, 6) is -0.173. The van der Waals surface area contributed by atoms with Crippen LogP contribution >= 0.6 is 0 Å². The molecule has 2 aromatic rings. The second-order valence-electron chi connectivity index (χ2n) is 3.44. The number of aromatic nitrogens is 1. The first-order valence-electron chi connectivity index (χ1n) is 4.67. The third-order valence-electron chi connectivity index (χ3n) is 2.53. The Bertz CT molecular complexity index is 447. The summed E-state index contributed by atoms with van der Waals surface area (Å²) in [7, 11) is 1.88. The number of hydrogen-bond acceptors (Lipinski definition) is 1. The third-order valence-corrected chi connectivity index (χ3v) is 2.53. The standard InChI is InChI=1S/C11H13FN2/c1-7(13-2)11-6-8-9(12)4-3-5-10(8)14-11/h3-7,13-14H,1-2H3. The van der Waals surface area contributed by atoms with Crippen LogP contribution in [0.1, 0.15) is 18.7 Å². The summed E-state index contributed by atoms with van der Waals surface area (Å²) in [6, 6.07) is 7.13. The van der Waals surface area contributed by atoms with Crippen molar-refractivity contribution in [2.24, 2.45) is 0 Å². The van der Waals surface area contributed by atoms with E-state index in [9.17, 15) is 4.39 Å². The molecule has 0 aliphatic carbocycles. The highest BCUT2D eigenvalue weighted by atomic mass is 19.1. The fourth-order valence-electron chi connectivity index (χ4n) is 1.53. The molecule has 0 bridgehead atoms. The van der Waals surface area contributed by atoms with Crippen molar-refractivity contribution in [2.45, 2.75) is 13.0 Å². The Morgan fingerprint density at radius 2 is 2.21 bits per heavy atom. The zero-order chi connectivity index (χ0) is 10.1. The highest BCUT2D eigenvalue weighted by molar-refractivity contribution is 5.81. The van der Waals surface area contributed by atoms with Crippen LogP contribution in [0, 0.1) is 5.82 Å². The maximum absolute atomic E-state index is 13.3. The molecule has 74 valence electrons. The molecule has 1 atom stereocenters. The van der Waals surface area contributed by atoms with E-state index in [2.05, 4.69) is 10.3 Å². The minimum atomic E-state index is -0.173. The summed E-state index contributed by atoms with van der Waals surface area (Å²) in [5.41, 5.74) is 1.86. The van der Waals surface area contributed by atoms with E-state index in [1.807, 2.05) is 26.1 Å². The number of aromatic amines is 1. The van der Waals surface area contributed by atoms with E-state index in [1.54, 1.807) is 6.07 Å². The lowest BCUT2D eigenvalue weighted by Crippen LogP contribution is -2.12. The summed E-state index contributed by atoms with van der Waals surface area (Å²) in [6.07, 6.45) is 0. The van der Waals surface area contributed by atoms with Crippen LogP contribution in [0.4, 0.5) is 4.39 Å². The number of benzene rings is 1. The van der Waals surface area contributed by atoms with Gasteiger partial charge in [-0.3, -0.25) is 0 Å². The van der Waals surface area contributed by atoms with Gasteiger partial charge in [0.15, 0.2) is 0 Å². The molecule has 1 unspecified atom stereocenters. The first-order chi connectivity index (χ1) is 6.72. The Morgan fingerprint density at radius 1 is 1.43 bits per heavy atom. The summed E-state index contributed by atoms with van der Waals surface area (Å²) >= 11 is 0. The van der Waals surface area contributed by atoms with Gasteiger partial charge in [0.1, 0.15) is 5.82 Å². The predicted molar refractivity (Wildman–Crippen MR) is 55.7 cm³/mol. The molecule has 1 aromatic heterocycles. The fraction of sp³-hybridized carbons (Fsp3) is 0.273. The summed E-state index contributed by atoms with van der Waals surface area (Å²) in [4.78, 5) is 3.18. The molecule has 2 nitrogen and oxygen atoms in total. The van der Waals surface area contributed by atoms with E-state index >= 15 is 0 Å². The van der Waals surface area contributed by atoms with E-state index in [0.717, 1.165) is 11.2 Å². The smallest absolute Gasteiger partial charge is 0.132 e. The number of hydrogen-bond donors (Lipinski definition) is 2. The number of halogens is 1. The van der Waals surface area contributed by atoms with E-state index in [-0.39, 0.29) is 11.9 Å². The van der Waals surface area contributed by atoms with Crippen molar-refractivity contribution >= 4 is 10.9 Å². The molecule has 2 N–H and O–H groups in total. The monoisotopic (exact) mass is 192 g/mol. The average molecular weight is 192 g/mol.